The molecule has 0 unspecified atom stereocenters. The lowest BCUT2D eigenvalue weighted by molar-refractivity contribution is 0.467. The van der Waals surface area contributed by atoms with Crippen molar-refractivity contribution in [2.45, 2.75) is 9.79 Å². The van der Waals surface area contributed by atoms with Crippen molar-refractivity contribution < 1.29 is 4.18 Å². The van der Waals surface area contributed by atoms with Crippen LogP contribution in [0.5, 0.6) is 0 Å². The molecule has 0 atom stereocenters. The van der Waals surface area contributed by atoms with Gasteiger partial charge in [0, 0.05) is 16.9 Å². The van der Waals surface area contributed by atoms with Gasteiger partial charge in [-0.2, -0.15) is 0 Å². The van der Waals surface area contributed by atoms with Gasteiger partial charge in [-0.1, -0.05) is 46.7 Å². The van der Waals surface area contributed by atoms with E-state index in [9.17, 15) is 0 Å². The van der Waals surface area contributed by atoms with Gasteiger partial charge in [0.25, 0.3) is 0 Å². The molecule has 0 fully saturated rings. The Bertz CT molecular complexity index is 399. The molecule has 0 amide bonds. The highest BCUT2D eigenvalue weighted by atomic mass is 32.3. The highest BCUT2D eigenvalue weighted by molar-refractivity contribution is 8.29. The number of benzene rings is 2. The van der Waals surface area contributed by atoms with Crippen LogP contribution in [-0.4, -0.2) is 13.4 Å². The lowest BCUT2D eigenvalue weighted by Crippen LogP contribution is -2.01. The highest BCUT2D eigenvalue weighted by Gasteiger charge is 2.21. The predicted molar refractivity (Wildman–Crippen MR) is 69.9 cm³/mol. The Hall–Kier alpha value is -1.25. The molecule has 2 aromatic carbocycles. The molecular formula is C14H16OS. The molecule has 2 rings (SSSR count). The van der Waals surface area contributed by atoms with E-state index in [4.69, 9.17) is 4.18 Å². The van der Waals surface area contributed by atoms with Crippen LogP contribution >= 0.6 is 10.3 Å². The van der Waals surface area contributed by atoms with Gasteiger partial charge >= 0.3 is 0 Å². The molecule has 0 aliphatic carbocycles. The zero-order valence-corrected chi connectivity index (χ0v) is 10.4. The number of hydrogen-bond donors (Lipinski definition) is 0. The summed E-state index contributed by atoms with van der Waals surface area (Å²) in [5.41, 5.74) is 0. The molecule has 0 saturated carbocycles. The largest absolute Gasteiger partial charge is 0.332 e. The average Bonchev–Trinajstić information content (AvgIpc) is 2.40. The molecule has 0 radical (unpaired) electrons. The minimum absolute atomic E-state index is 1.25. The Balaban J connectivity index is 2.49. The van der Waals surface area contributed by atoms with E-state index >= 15 is 0 Å². The fraction of sp³-hybridized carbons (Fsp3) is 0.143. The third kappa shape index (κ3) is 1.99. The summed E-state index contributed by atoms with van der Waals surface area (Å²) in [7, 11) is 0.453. The van der Waals surface area contributed by atoms with Crippen molar-refractivity contribution in [2.24, 2.45) is 0 Å². The van der Waals surface area contributed by atoms with Crippen LogP contribution in [0.15, 0.2) is 70.5 Å². The van der Waals surface area contributed by atoms with Crippen molar-refractivity contribution in [3.05, 3.63) is 60.7 Å². The summed E-state index contributed by atoms with van der Waals surface area (Å²) < 4.78 is 5.79. The number of rotatable bonds is 3. The molecule has 0 saturated heterocycles. The molecule has 2 aromatic rings. The molecule has 0 N–H and O–H groups in total. The first-order valence-electron chi connectivity index (χ1n) is 5.21. The maximum Gasteiger partial charge on any atom is 0.0490 e. The van der Waals surface area contributed by atoms with Gasteiger partial charge < -0.3 is 4.18 Å². The first-order chi connectivity index (χ1) is 7.77. The molecule has 84 valence electrons. The molecule has 16 heavy (non-hydrogen) atoms. The minimum atomic E-state index is -1.33. The first-order valence-corrected chi connectivity index (χ1v) is 7.18. The molecule has 0 aliphatic rings. The summed E-state index contributed by atoms with van der Waals surface area (Å²) in [5.74, 6) is 0. The van der Waals surface area contributed by atoms with Crippen LogP contribution < -0.4 is 0 Å². The third-order valence-corrected chi connectivity index (χ3v) is 5.73. The summed E-state index contributed by atoms with van der Waals surface area (Å²) in [6.45, 7) is 0. The van der Waals surface area contributed by atoms with Crippen LogP contribution in [0.25, 0.3) is 0 Å². The van der Waals surface area contributed by atoms with E-state index in [2.05, 4.69) is 54.8 Å². The van der Waals surface area contributed by atoms with E-state index in [-0.39, 0.29) is 0 Å². The zero-order chi connectivity index (χ0) is 11.4. The van der Waals surface area contributed by atoms with Crippen LogP contribution in [0.1, 0.15) is 0 Å². The second kappa shape index (κ2) is 4.73. The van der Waals surface area contributed by atoms with E-state index in [1.165, 1.54) is 9.79 Å². The van der Waals surface area contributed by atoms with Crippen molar-refractivity contribution in [3.63, 3.8) is 0 Å². The van der Waals surface area contributed by atoms with Crippen LogP contribution in [0.2, 0.25) is 0 Å². The standard InChI is InChI=1S/C14H16OS/c1-15-16(2,13-9-5-3-6-10-13)14-11-7-4-8-12-14/h3-12H,1-2H3. The quantitative estimate of drug-likeness (QED) is 0.774. The fourth-order valence-corrected chi connectivity index (χ4v) is 3.70. The molecule has 0 bridgehead atoms. The second-order valence-corrected chi connectivity index (χ2v) is 6.60. The van der Waals surface area contributed by atoms with E-state index in [0.29, 0.717) is 0 Å². The van der Waals surface area contributed by atoms with Crippen molar-refractivity contribution >= 4 is 10.3 Å². The van der Waals surface area contributed by atoms with Crippen molar-refractivity contribution in [2.75, 3.05) is 13.4 Å². The third-order valence-electron chi connectivity index (χ3n) is 2.72. The summed E-state index contributed by atoms with van der Waals surface area (Å²) in [4.78, 5) is 2.51. The maximum atomic E-state index is 5.79. The van der Waals surface area contributed by atoms with Gasteiger partial charge in [-0.3, -0.25) is 0 Å². The van der Waals surface area contributed by atoms with Crippen LogP contribution in [-0.2, 0) is 4.18 Å². The molecule has 1 nitrogen and oxygen atoms in total. The van der Waals surface area contributed by atoms with Gasteiger partial charge in [-0.15, -0.1) is 0 Å². The minimum Gasteiger partial charge on any atom is -0.332 e. The van der Waals surface area contributed by atoms with Crippen molar-refractivity contribution in [1.82, 2.24) is 0 Å². The van der Waals surface area contributed by atoms with Gasteiger partial charge in [0.1, 0.15) is 0 Å². The fourth-order valence-electron chi connectivity index (χ4n) is 1.69. The Morgan fingerprint density at radius 3 is 1.44 bits per heavy atom. The summed E-state index contributed by atoms with van der Waals surface area (Å²) in [6.07, 6.45) is 2.18. The van der Waals surface area contributed by atoms with Gasteiger partial charge in [0.2, 0.25) is 0 Å². The molecule has 0 aromatic heterocycles. The summed E-state index contributed by atoms with van der Waals surface area (Å²) in [6, 6.07) is 20.8. The zero-order valence-electron chi connectivity index (χ0n) is 9.59. The van der Waals surface area contributed by atoms with E-state index in [1.807, 2.05) is 12.1 Å². The van der Waals surface area contributed by atoms with E-state index < -0.39 is 10.3 Å². The van der Waals surface area contributed by atoms with Crippen molar-refractivity contribution in [3.8, 4) is 0 Å². The normalized spacial score (nSPS) is 12.4. The van der Waals surface area contributed by atoms with E-state index in [1.54, 1.807) is 7.11 Å². The maximum absolute atomic E-state index is 5.79. The first kappa shape index (κ1) is 11.2. The summed E-state index contributed by atoms with van der Waals surface area (Å²) in [5, 5.41) is 0. The number of hydrogen-bond acceptors (Lipinski definition) is 1. The van der Waals surface area contributed by atoms with Crippen LogP contribution in [0.3, 0.4) is 0 Å². The Morgan fingerprint density at radius 2 is 1.12 bits per heavy atom. The Labute approximate surface area is 98.6 Å². The lowest BCUT2D eigenvalue weighted by atomic mass is 10.4. The van der Waals surface area contributed by atoms with Crippen molar-refractivity contribution in [1.29, 1.82) is 0 Å². The molecule has 0 spiro atoms. The van der Waals surface area contributed by atoms with Gasteiger partial charge in [-0.05, 0) is 30.5 Å². The SMILES string of the molecule is COS(C)(c1ccccc1)c1ccccc1. The molecule has 0 heterocycles. The van der Waals surface area contributed by atoms with Crippen LogP contribution in [0, 0.1) is 0 Å². The highest BCUT2D eigenvalue weighted by Crippen LogP contribution is 2.59. The smallest absolute Gasteiger partial charge is 0.0490 e. The summed E-state index contributed by atoms with van der Waals surface area (Å²) >= 11 is 0. The Kier molecular flexibility index (Phi) is 3.32. The van der Waals surface area contributed by atoms with Gasteiger partial charge in [0.15, 0.2) is 0 Å². The molecule has 2 heteroatoms. The lowest BCUT2D eigenvalue weighted by Gasteiger charge is -2.34. The average molecular weight is 232 g/mol. The van der Waals surface area contributed by atoms with Crippen LogP contribution in [0.4, 0.5) is 0 Å². The predicted octanol–water partition coefficient (Wildman–Crippen LogP) is 4.10. The topological polar surface area (TPSA) is 9.23 Å². The molecule has 0 aliphatic heterocycles. The van der Waals surface area contributed by atoms with E-state index in [0.717, 1.165) is 0 Å². The monoisotopic (exact) mass is 232 g/mol. The molecular weight excluding hydrogens is 216 g/mol. The Morgan fingerprint density at radius 1 is 0.750 bits per heavy atom. The second-order valence-electron chi connectivity index (χ2n) is 3.64. The van der Waals surface area contributed by atoms with Gasteiger partial charge in [0.05, 0.1) is 0 Å². The van der Waals surface area contributed by atoms with Gasteiger partial charge in [-0.25, -0.2) is 0 Å².